The second-order valence-electron chi connectivity index (χ2n) is 10.5. The summed E-state index contributed by atoms with van der Waals surface area (Å²) in [5.41, 5.74) is 4.86. The van der Waals surface area contributed by atoms with Crippen molar-refractivity contribution in [1.29, 1.82) is 0 Å². The first-order valence-corrected chi connectivity index (χ1v) is 15.3. The summed E-state index contributed by atoms with van der Waals surface area (Å²) in [5.74, 6) is -0.507. The number of halogens is 2. The van der Waals surface area contributed by atoms with Gasteiger partial charge in [0, 0.05) is 48.4 Å². The van der Waals surface area contributed by atoms with Crippen LogP contribution in [-0.2, 0) is 16.6 Å². The monoisotopic (exact) mass is 614 g/mol. The molecule has 0 unspecified atom stereocenters. The molecule has 1 N–H and O–H groups in total. The first-order valence-electron chi connectivity index (χ1n) is 13.5. The summed E-state index contributed by atoms with van der Waals surface area (Å²) in [6.45, 7) is 0.191. The van der Waals surface area contributed by atoms with Crippen molar-refractivity contribution in [2.75, 3.05) is 24.7 Å². The van der Waals surface area contributed by atoms with Crippen LogP contribution in [0.25, 0.3) is 50.3 Å². The number of nitrogens with one attached hydrogen (secondary N) is 1. The lowest BCUT2D eigenvalue weighted by atomic mass is 9.95. The zero-order chi connectivity index (χ0) is 30.9. The average Bonchev–Trinajstić information content (AvgIpc) is 3.57. The highest BCUT2D eigenvalue weighted by Crippen LogP contribution is 2.45. The lowest BCUT2D eigenvalue weighted by molar-refractivity contribution is 0.0964. The van der Waals surface area contributed by atoms with Crippen LogP contribution in [0.3, 0.4) is 0 Å². The molecule has 0 saturated heterocycles. The molecule has 6 aromatic rings. The molecular weight excluding hydrogens is 590 g/mol. The molecule has 0 saturated carbocycles. The standard InChI is InChI=1S/C32H24F2N4O5S/c1-35-32(39)29-22-13-21(24(37(2)44(3,40)41)14-27(22)43-31(29)17-4-7-19(33)8-5-17)18-6-10-26-23(12-18)30-25(16-42-26)38-15-20(34)9-11-28(38)36-30/h4-15H,16H2,1-3H3,(H,35,39). The van der Waals surface area contributed by atoms with Crippen molar-refractivity contribution in [3.05, 3.63) is 95.8 Å². The Labute approximate surface area is 250 Å². The molecule has 7 rings (SSSR count). The van der Waals surface area contributed by atoms with E-state index in [9.17, 15) is 22.0 Å². The highest BCUT2D eigenvalue weighted by atomic mass is 32.2. The Kier molecular flexibility index (Phi) is 6.22. The Hall–Kier alpha value is -5.23. The number of furan rings is 1. The molecule has 44 heavy (non-hydrogen) atoms. The number of ether oxygens (including phenoxy) is 1. The van der Waals surface area contributed by atoms with Crippen LogP contribution in [0.15, 0.2) is 77.3 Å². The Balaban J connectivity index is 1.49. The van der Waals surface area contributed by atoms with E-state index < -0.39 is 27.6 Å². The number of amides is 1. The molecule has 4 heterocycles. The van der Waals surface area contributed by atoms with Crippen LogP contribution in [-0.4, -0.2) is 44.1 Å². The number of benzene rings is 3. The average molecular weight is 615 g/mol. The van der Waals surface area contributed by atoms with Crippen LogP contribution < -0.4 is 14.4 Å². The second-order valence-corrected chi connectivity index (χ2v) is 12.5. The first kappa shape index (κ1) is 27.6. The molecule has 0 aliphatic carbocycles. The number of hydrogen-bond donors (Lipinski definition) is 1. The van der Waals surface area contributed by atoms with Gasteiger partial charge in [-0.2, -0.15) is 0 Å². The number of aromatic nitrogens is 2. The number of hydrogen-bond acceptors (Lipinski definition) is 6. The largest absolute Gasteiger partial charge is 0.487 e. The van der Waals surface area contributed by atoms with Gasteiger partial charge in [-0.1, -0.05) is 6.07 Å². The predicted octanol–water partition coefficient (Wildman–Crippen LogP) is 6.01. The van der Waals surface area contributed by atoms with Crippen LogP contribution in [0.5, 0.6) is 5.75 Å². The molecule has 12 heteroatoms. The van der Waals surface area contributed by atoms with Crippen molar-refractivity contribution in [3.63, 3.8) is 0 Å². The van der Waals surface area contributed by atoms with Gasteiger partial charge < -0.3 is 14.5 Å². The van der Waals surface area contributed by atoms with E-state index in [0.717, 1.165) is 10.6 Å². The van der Waals surface area contributed by atoms with Gasteiger partial charge in [-0.25, -0.2) is 22.2 Å². The number of rotatable bonds is 5. The first-order chi connectivity index (χ1) is 21.0. The number of carbonyl (C=O) groups excluding carboxylic acids is 1. The highest BCUT2D eigenvalue weighted by Gasteiger charge is 2.28. The van der Waals surface area contributed by atoms with Crippen molar-refractivity contribution in [1.82, 2.24) is 14.7 Å². The van der Waals surface area contributed by atoms with Gasteiger partial charge in [0.25, 0.3) is 5.91 Å². The maximum absolute atomic E-state index is 14.1. The quantitative estimate of drug-likeness (QED) is 0.255. The number of fused-ring (bicyclic) bond motifs is 6. The minimum absolute atomic E-state index is 0.191. The molecule has 222 valence electrons. The van der Waals surface area contributed by atoms with Gasteiger partial charge in [-0.15, -0.1) is 0 Å². The molecule has 0 radical (unpaired) electrons. The number of pyridine rings is 1. The maximum atomic E-state index is 14.1. The molecule has 3 aromatic heterocycles. The van der Waals surface area contributed by atoms with Crippen molar-refractivity contribution < 1.29 is 31.1 Å². The lowest BCUT2D eigenvalue weighted by Crippen LogP contribution is -2.25. The normalized spacial score (nSPS) is 12.6. The molecule has 1 aliphatic heterocycles. The van der Waals surface area contributed by atoms with Gasteiger partial charge in [0.2, 0.25) is 10.0 Å². The number of anilines is 1. The van der Waals surface area contributed by atoms with Gasteiger partial charge >= 0.3 is 0 Å². The van der Waals surface area contributed by atoms with Crippen molar-refractivity contribution in [2.45, 2.75) is 6.61 Å². The van der Waals surface area contributed by atoms with E-state index in [4.69, 9.17) is 14.1 Å². The summed E-state index contributed by atoms with van der Waals surface area (Å²) in [4.78, 5) is 17.9. The molecule has 1 amide bonds. The van der Waals surface area contributed by atoms with E-state index in [-0.39, 0.29) is 23.5 Å². The summed E-state index contributed by atoms with van der Waals surface area (Å²) in [5, 5.41) is 3.07. The molecule has 3 aromatic carbocycles. The summed E-state index contributed by atoms with van der Waals surface area (Å²) < 4.78 is 68.3. The van der Waals surface area contributed by atoms with E-state index >= 15 is 0 Å². The molecule has 0 atom stereocenters. The predicted molar refractivity (Wildman–Crippen MR) is 162 cm³/mol. The van der Waals surface area contributed by atoms with E-state index in [1.165, 1.54) is 50.6 Å². The molecule has 0 bridgehead atoms. The van der Waals surface area contributed by atoms with Gasteiger partial charge in [0.05, 0.1) is 28.9 Å². The van der Waals surface area contributed by atoms with Crippen molar-refractivity contribution in [2.24, 2.45) is 0 Å². The topological polar surface area (TPSA) is 106 Å². The van der Waals surface area contributed by atoms with Crippen LogP contribution in [0.1, 0.15) is 16.1 Å². The van der Waals surface area contributed by atoms with Gasteiger partial charge in [-0.3, -0.25) is 13.5 Å². The lowest BCUT2D eigenvalue weighted by Gasteiger charge is -2.22. The van der Waals surface area contributed by atoms with Gasteiger partial charge in [0.15, 0.2) is 0 Å². The Morgan fingerprint density at radius 3 is 2.43 bits per heavy atom. The fraction of sp³-hybridized carbons (Fsp3) is 0.125. The smallest absolute Gasteiger partial charge is 0.255 e. The summed E-state index contributed by atoms with van der Waals surface area (Å²) in [6.07, 6.45) is 2.44. The van der Waals surface area contributed by atoms with Crippen LogP contribution in [0, 0.1) is 11.6 Å². The van der Waals surface area contributed by atoms with Crippen molar-refractivity contribution >= 4 is 38.2 Å². The molecule has 9 nitrogen and oxygen atoms in total. The molecule has 0 spiro atoms. The van der Waals surface area contributed by atoms with E-state index in [1.54, 1.807) is 34.7 Å². The van der Waals surface area contributed by atoms with Gasteiger partial charge in [-0.05, 0) is 60.2 Å². The Morgan fingerprint density at radius 2 is 1.70 bits per heavy atom. The maximum Gasteiger partial charge on any atom is 0.255 e. The van der Waals surface area contributed by atoms with Crippen LogP contribution in [0.4, 0.5) is 14.5 Å². The third-order valence-corrected chi connectivity index (χ3v) is 8.99. The fourth-order valence-corrected chi connectivity index (χ4v) is 6.04. The summed E-state index contributed by atoms with van der Waals surface area (Å²) in [6, 6.07) is 17.1. The van der Waals surface area contributed by atoms with Crippen molar-refractivity contribution in [3.8, 4) is 39.5 Å². The molecular formula is C32H24F2N4O5S. The number of nitrogens with zero attached hydrogens (tertiary/aromatic N) is 3. The van der Waals surface area contributed by atoms with E-state index in [2.05, 4.69) is 5.32 Å². The highest BCUT2D eigenvalue weighted by molar-refractivity contribution is 7.92. The Morgan fingerprint density at radius 1 is 0.977 bits per heavy atom. The number of sulfonamides is 1. The van der Waals surface area contributed by atoms with E-state index in [0.29, 0.717) is 56.1 Å². The molecule has 1 aliphatic rings. The van der Waals surface area contributed by atoms with Gasteiger partial charge in [0.1, 0.15) is 41.0 Å². The number of imidazole rings is 1. The van der Waals surface area contributed by atoms with Crippen LogP contribution >= 0.6 is 0 Å². The fourth-order valence-electron chi connectivity index (χ4n) is 5.53. The Bertz CT molecular complexity index is 2260. The zero-order valence-corrected chi connectivity index (χ0v) is 24.5. The SMILES string of the molecule is CNC(=O)c1c(-c2ccc(F)cc2)oc2cc(N(C)S(C)(=O)=O)c(-c3ccc4c(c3)-c3nc5ccc(F)cn5c3CO4)cc12. The summed E-state index contributed by atoms with van der Waals surface area (Å²) in [7, 11) is -0.808. The minimum Gasteiger partial charge on any atom is -0.487 e. The second kappa shape index (κ2) is 9.91. The summed E-state index contributed by atoms with van der Waals surface area (Å²) >= 11 is 0. The third-order valence-electron chi connectivity index (χ3n) is 7.80. The van der Waals surface area contributed by atoms with E-state index in [1.807, 2.05) is 6.07 Å². The zero-order valence-electron chi connectivity index (χ0n) is 23.7. The third kappa shape index (κ3) is 4.37. The minimum atomic E-state index is -3.73. The molecule has 0 fully saturated rings. The van der Waals surface area contributed by atoms with Crippen LogP contribution in [0.2, 0.25) is 0 Å². The number of carbonyl (C=O) groups is 1.